The Morgan fingerprint density at radius 2 is 1.96 bits per heavy atom. The van der Waals surface area contributed by atoms with Crippen molar-refractivity contribution in [2.45, 2.75) is 25.8 Å². The van der Waals surface area contributed by atoms with Gasteiger partial charge in [-0.15, -0.1) is 0 Å². The molecule has 0 saturated carbocycles. The van der Waals surface area contributed by atoms with Crippen LogP contribution in [0.2, 0.25) is 0 Å². The van der Waals surface area contributed by atoms with E-state index in [4.69, 9.17) is 4.74 Å². The number of carbonyl (C=O) groups is 2. The molecule has 5 heteroatoms. The summed E-state index contributed by atoms with van der Waals surface area (Å²) < 4.78 is 7.19. The number of para-hydroxylation sites is 1. The van der Waals surface area contributed by atoms with Gasteiger partial charge in [-0.25, -0.2) is 0 Å². The summed E-state index contributed by atoms with van der Waals surface area (Å²) in [5, 5.41) is 1.11. The first-order chi connectivity index (χ1) is 13.0. The Kier molecular flexibility index (Phi) is 4.42. The van der Waals surface area contributed by atoms with Crippen molar-refractivity contribution < 1.29 is 14.3 Å². The van der Waals surface area contributed by atoms with Crippen molar-refractivity contribution in [3.05, 3.63) is 47.2 Å². The quantitative estimate of drug-likeness (QED) is 0.575. The molecule has 1 fully saturated rings. The number of allylic oxidation sites excluding steroid dienone is 1. The van der Waals surface area contributed by atoms with Crippen molar-refractivity contribution in [3.8, 4) is 0 Å². The van der Waals surface area contributed by atoms with Crippen LogP contribution < -0.4 is 0 Å². The van der Waals surface area contributed by atoms with Crippen LogP contribution in [0, 0.1) is 11.8 Å². The van der Waals surface area contributed by atoms with Crippen molar-refractivity contribution in [1.29, 1.82) is 0 Å². The monoisotopic (exact) mass is 366 g/mol. The zero-order valence-electron chi connectivity index (χ0n) is 16.4. The minimum Gasteiger partial charge on any atom is -0.469 e. The zero-order valence-corrected chi connectivity index (χ0v) is 16.4. The lowest BCUT2D eigenvalue weighted by atomic mass is 9.70. The van der Waals surface area contributed by atoms with Gasteiger partial charge >= 0.3 is 5.97 Å². The molecule has 27 heavy (non-hydrogen) atoms. The van der Waals surface area contributed by atoms with E-state index in [0.29, 0.717) is 12.8 Å². The predicted molar refractivity (Wildman–Crippen MR) is 105 cm³/mol. The highest BCUT2D eigenvalue weighted by molar-refractivity contribution is 6.03. The number of fused-ring (bicyclic) bond motifs is 5. The van der Waals surface area contributed by atoms with Crippen LogP contribution in [0.3, 0.4) is 0 Å². The summed E-state index contributed by atoms with van der Waals surface area (Å²) in [7, 11) is 5.47. The van der Waals surface area contributed by atoms with Crippen molar-refractivity contribution in [3.63, 3.8) is 0 Å². The van der Waals surface area contributed by atoms with Crippen LogP contribution in [0.5, 0.6) is 0 Å². The van der Waals surface area contributed by atoms with Crippen LogP contribution in [0.4, 0.5) is 0 Å². The Morgan fingerprint density at radius 3 is 2.67 bits per heavy atom. The second-order valence-corrected chi connectivity index (χ2v) is 7.74. The highest BCUT2D eigenvalue weighted by Gasteiger charge is 2.47. The van der Waals surface area contributed by atoms with E-state index in [1.807, 2.05) is 30.7 Å². The molecule has 1 unspecified atom stereocenters. The number of esters is 1. The van der Waals surface area contributed by atoms with E-state index in [-0.39, 0.29) is 29.6 Å². The molecule has 5 nitrogen and oxygen atoms in total. The first-order valence-corrected chi connectivity index (χ1v) is 9.50. The number of Topliss-reactive ketones (excluding diaryl/α,β-unsaturated/α-hetero) is 1. The molecule has 0 spiro atoms. The van der Waals surface area contributed by atoms with Gasteiger partial charge in [0.2, 0.25) is 0 Å². The van der Waals surface area contributed by atoms with Gasteiger partial charge in [0.15, 0.2) is 5.78 Å². The van der Waals surface area contributed by atoms with Gasteiger partial charge in [-0.05, 0) is 32.0 Å². The number of carbonyl (C=O) groups excluding carboxylic acids is 2. The van der Waals surface area contributed by atoms with Gasteiger partial charge in [-0.1, -0.05) is 29.8 Å². The van der Waals surface area contributed by atoms with E-state index in [2.05, 4.69) is 30.2 Å². The van der Waals surface area contributed by atoms with E-state index in [1.54, 1.807) is 0 Å². The maximum atomic E-state index is 13.3. The summed E-state index contributed by atoms with van der Waals surface area (Å²) in [5.74, 6) is -0.518. The number of ketones is 1. The van der Waals surface area contributed by atoms with Gasteiger partial charge in [0.1, 0.15) is 0 Å². The molecule has 2 heterocycles. The second-order valence-electron chi connectivity index (χ2n) is 7.74. The fourth-order valence-electron chi connectivity index (χ4n) is 5.14. The summed E-state index contributed by atoms with van der Waals surface area (Å²) in [6.45, 7) is 2.77. The van der Waals surface area contributed by atoms with E-state index in [9.17, 15) is 9.59 Å². The molecule has 1 aromatic carbocycles. The number of likely N-dealkylation sites (N-methyl/N-ethyl adjacent to an activating group) is 1. The lowest BCUT2D eigenvalue weighted by Gasteiger charge is -2.45. The lowest BCUT2D eigenvalue weighted by molar-refractivity contribution is -0.150. The molecule has 2 aliphatic rings. The van der Waals surface area contributed by atoms with Gasteiger partial charge in [0.05, 0.1) is 18.7 Å². The Hall–Kier alpha value is -2.40. The standard InChI is InChI=1S/C22H26N2O3/c1-5-13-12-23(2)18-10-16-14-8-6-7-9-17(14)24(3)21(16)19(25)11-15(13)20(18)22(26)27-4/h5-9,15,18,20H,10-12H2,1-4H3/b13-5-/t15?,18-,20+/m0/s1. The van der Waals surface area contributed by atoms with E-state index >= 15 is 0 Å². The number of aryl methyl sites for hydroxylation is 1. The van der Waals surface area contributed by atoms with Gasteiger partial charge < -0.3 is 9.30 Å². The summed E-state index contributed by atoms with van der Waals surface area (Å²) >= 11 is 0. The third kappa shape index (κ3) is 2.64. The summed E-state index contributed by atoms with van der Waals surface area (Å²) in [6, 6.07) is 8.16. The van der Waals surface area contributed by atoms with Gasteiger partial charge in [-0.2, -0.15) is 0 Å². The summed E-state index contributed by atoms with van der Waals surface area (Å²) in [4.78, 5) is 28.3. The fourth-order valence-corrected chi connectivity index (χ4v) is 5.14. The van der Waals surface area contributed by atoms with E-state index in [0.717, 1.165) is 34.3 Å². The average Bonchev–Trinajstić information content (AvgIpc) is 2.94. The zero-order chi connectivity index (χ0) is 19.3. The highest BCUT2D eigenvalue weighted by Crippen LogP contribution is 2.42. The molecule has 2 aromatic rings. The summed E-state index contributed by atoms with van der Waals surface area (Å²) in [6.07, 6.45) is 3.08. The number of likely N-dealkylation sites (tertiary alicyclic amines) is 1. The van der Waals surface area contributed by atoms with Gasteiger partial charge in [-0.3, -0.25) is 14.5 Å². The molecule has 1 aromatic heterocycles. The van der Waals surface area contributed by atoms with E-state index in [1.165, 1.54) is 7.11 Å². The largest absolute Gasteiger partial charge is 0.469 e. The highest BCUT2D eigenvalue weighted by atomic mass is 16.5. The van der Waals surface area contributed by atoms with Crippen molar-refractivity contribution in [2.75, 3.05) is 20.7 Å². The number of rotatable bonds is 1. The third-order valence-electron chi connectivity index (χ3n) is 6.46. The van der Waals surface area contributed by atoms with Crippen molar-refractivity contribution >= 4 is 22.7 Å². The van der Waals surface area contributed by atoms with Gasteiger partial charge in [0, 0.05) is 42.9 Å². The van der Waals surface area contributed by atoms with Crippen LogP contribution in [-0.2, 0) is 23.0 Å². The molecule has 142 valence electrons. The normalized spacial score (nSPS) is 27.3. The predicted octanol–water partition coefficient (Wildman–Crippen LogP) is 2.97. The molecule has 0 N–H and O–H groups in total. The van der Waals surface area contributed by atoms with Crippen LogP contribution in [0.1, 0.15) is 29.4 Å². The smallest absolute Gasteiger partial charge is 0.310 e. The number of hydrogen-bond acceptors (Lipinski definition) is 4. The first-order valence-electron chi connectivity index (χ1n) is 9.50. The second kappa shape index (κ2) is 6.64. The minimum absolute atomic E-state index is 0.0174. The Labute approximate surface area is 159 Å². The van der Waals surface area contributed by atoms with Crippen LogP contribution >= 0.6 is 0 Å². The van der Waals surface area contributed by atoms with Crippen molar-refractivity contribution in [1.82, 2.24) is 9.47 Å². The Bertz CT molecular complexity index is 956. The Morgan fingerprint density at radius 1 is 1.22 bits per heavy atom. The number of methoxy groups -OCH3 is 1. The number of nitrogens with zero attached hydrogens (tertiary/aromatic N) is 2. The molecule has 1 aliphatic carbocycles. The molecule has 1 aliphatic heterocycles. The Balaban J connectivity index is 1.95. The van der Waals surface area contributed by atoms with Crippen LogP contribution in [0.25, 0.3) is 10.9 Å². The van der Waals surface area contributed by atoms with Crippen molar-refractivity contribution in [2.24, 2.45) is 18.9 Å². The molecule has 0 amide bonds. The first kappa shape index (κ1) is 18.0. The number of aromatic nitrogens is 1. The molecule has 0 radical (unpaired) electrons. The molecule has 3 atom stereocenters. The number of benzene rings is 1. The molecule has 4 rings (SSSR count). The average molecular weight is 366 g/mol. The molecule has 2 bridgehead atoms. The summed E-state index contributed by atoms with van der Waals surface area (Å²) in [5.41, 5.74) is 4.07. The van der Waals surface area contributed by atoms with E-state index < -0.39 is 0 Å². The third-order valence-corrected chi connectivity index (χ3v) is 6.46. The van der Waals surface area contributed by atoms with Gasteiger partial charge in [0.25, 0.3) is 0 Å². The number of piperidine rings is 1. The van der Waals surface area contributed by atoms with Crippen LogP contribution in [-0.4, -0.2) is 48.0 Å². The molecule has 1 saturated heterocycles. The topological polar surface area (TPSA) is 51.5 Å². The minimum atomic E-state index is -0.323. The fraction of sp³-hybridized carbons (Fsp3) is 0.455. The maximum Gasteiger partial charge on any atom is 0.310 e. The molecular weight excluding hydrogens is 340 g/mol. The molecular formula is C22H26N2O3. The number of hydrogen-bond donors (Lipinski definition) is 0. The maximum absolute atomic E-state index is 13.3. The SMILES string of the molecule is C/C=C1/CN(C)[C@H]2Cc3c(n(C)c4ccccc34)C(=O)CC1[C@H]2C(=O)OC. The van der Waals surface area contributed by atoms with Crippen LogP contribution in [0.15, 0.2) is 35.9 Å². The lowest BCUT2D eigenvalue weighted by Crippen LogP contribution is -2.54. The number of ether oxygens (including phenoxy) is 1.